The predicted molar refractivity (Wildman–Crippen MR) is 77.9 cm³/mol. The van der Waals surface area contributed by atoms with Gasteiger partial charge in [0.05, 0.1) is 17.2 Å². The van der Waals surface area contributed by atoms with Gasteiger partial charge in [0, 0.05) is 25.2 Å². The normalized spacial score (nSPS) is 15.8. The zero-order valence-corrected chi connectivity index (χ0v) is 11.8. The Hall–Kier alpha value is -1.82. The summed E-state index contributed by atoms with van der Waals surface area (Å²) in [5.74, 6) is 0.332. The number of nitrogens with one attached hydrogen (secondary N) is 1. The lowest BCUT2D eigenvalue weighted by molar-refractivity contribution is -0.385. The topological polar surface area (TPSA) is 67.6 Å². The van der Waals surface area contributed by atoms with Gasteiger partial charge in [-0.1, -0.05) is 13.3 Å². The lowest BCUT2D eigenvalue weighted by atomic mass is 10.2. The van der Waals surface area contributed by atoms with Crippen molar-refractivity contribution in [3.8, 4) is 5.75 Å². The number of hydrazine groups is 1. The average molecular weight is 279 g/mol. The largest absolute Gasteiger partial charge is 0.487 e. The molecule has 6 heteroatoms. The minimum Gasteiger partial charge on any atom is -0.487 e. The second-order valence-electron chi connectivity index (χ2n) is 4.95. The van der Waals surface area contributed by atoms with Crippen LogP contribution in [0.15, 0.2) is 18.2 Å². The molecule has 1 aliphatic heterocycles. The highest BCUT2D eigenvalue weighted by Gasteiger charge is 2.17. The monoisotopic (exact) mass is 279 g/mol. The number of hydrogen-bond donors (Lipinski definition) is 1. The maximum atomic E-state index is 11.0. The fourth-order valence-electron chi connectivity index (χ4n) is 2.25. The van der Waals surface area contributed by atoms with Crippen molar-refractivity contribution in [2.45, 2.75) is 32.6 Å². The Morgan fingerprint density at radius 1 is 1.35 bits per heavy atom. The van der Waals surface area contributed by atoms with Crippen molar-refractivity contribution < 1.29 is 9.66 Å². The van der Waals surface area contributed by atoms with Gasteiger partial charge in [-0.25, -0.2) is 5.01 Å². The van der Waals surface area contributed by atoms with E-state index in [1.807, 2.05) is 6.92 Å². The highest BCUT2D eigenvalue weighted by atomic mass is 16.6. The van der Waals surface area contributed by atoms with E-state index in [4.69, 9.17) is 4.74 Å². The van der Waals surface area contributed by atoms with Crippen LogP contribution in [0.5, 0.6) is 5.75 Å². The lowest BCUT2D eigenvalue weighted by Crippen LogP contribution is -2.34. The molecule has 0 amide bonds. The Kier molecular flexibility index (Phi) is 5.17. The summed E-state index contributed by atoms with van der Waals surface area (Å²) < 4.78 is 5.48. The highest BCUT2D eigenvalue weighted by molar-refractivity contribution is 5.57. The van der Waals surface area contributed by atoms with Gasteiger partial charge in [-0.2, -0.15) is 0 Å². The molecule has 1 saturated heterocycles. The van der Waals surface area contributed by atoms with Gasteiger partial charge in [0.25, 0.3) is 0 Å². The minimum absolute atomic E-state index is 0.0163. The first-order valence-corrected chi connectivity index (χ1v) is 7.13. The quantitative estimate of drug-likeness (QED) is 0.639. The molecule has 20 heavy (non-hydrogen) atoms. The van der Waals surface area contributed by atoms with Gasteiger partial charge >= 0.3 is 5.69 Å². The van der Waals surface area contributed by atoms with E-state index in [-0.39, 0.29) is 5.69 Å². The van der Waals surface area contributed by atoms with Crippen LogP contribution in [0.3, 0.4) is 0 Å². The molecule has 1 fully saturated rings. The summed E-state index contributed by atoms with van der Waals surface area (Å²) in [6.45, 7) is 4.46. The third kappa shape index (κ3) is 3.84. The first kappa shape index (κ1) is 14.6. The first-order chi connectivity index (χ1) is 9.70. The Labute approximate surface area is 118 Å². The van der Waals surface area contributed by atoms with E-state index in [2.05, 4.69) is 10.4 Å². The van der Waals surface area contributed by atoms with Gasteiger partial charge in [-0.05, 0) is 25.3 Å². The van der Waals surface area contributed by atoms with Gasteiger partial charge in [-0.15, -0.1) is 0 Å². The van der Waals surface area contributed by atoms with E-state index in [0.29, 0.717) is 12.4 Å². The number of ether oxygens (including phenoxy) is 1. The maximum Gasteiger partial charge on any atom is 0.311 e. The molecule has 0 saturated carbocycles. The number of nitro benzene ring substituents is 1. The summed E-state index contributed by atoms with van der Waals surface area (Å²) in [7, 11) is 0. The van der Waals surface area contributed by atoms with E-state index in [0.717, 1.165) is 25.2 Å². The second kappa shape index (κ2) is 7.09. The molecule has 110 valence electrons. The van der Waals surface area contributed by atoms with E-state index in [9.17, 15) is 10.1 Å². The van der Waals surface area contributed by atoms with Crippen LogP contribution in [0, 0.1) is 10.1 Å². The number of rotatable bonds is 6. The molecule has 0 unspecified atom stereocenters. The molecule has 1 aliphatic rings. The summed E-state index contributed by atoms with van der Waals surface area (Å²) >= 11 is 0. The smallest absolute Gasteiger partial charge is 0.311 e. The second-order valence-corrected chi connectivity index (χ2v) is 4.95. The van der Waals surface area contributed by atoms with Crippen LogP contribution in [-0.4, -0.2) is 29.6 Å². The van der Waals surface area contributed by atoms with Crippen LogP contribution in [0.25, 0.3) is 0 Å². The van der Waals surface area contributed by atoms with E-state index >= 15 is 0 Å². The van der Waals surface area contributed by atoms with Crippen LogP contribution in [-0.2, 0) is 0 Å². The van der Waals surface area contributed by atoms with E-state index < -0.39 is 4.92 Å². The lowest BCUT2D eigenvalue weighted by Gasteiger charge is -2.27. The molecule has 1 aromatic rings. The summed E-state index contributed by atoms with van der Waals surface area (Å²) in [6, 6.07) is 4.94. The number of benzene rings is 1. The van der Waals surface area contributed by atoms with Crippen LogP contribution >= 0.6 is 0 Å². The van der Waals surface area contributed by atoms with Gasteiger partial charge in [0.15, 0.2) is 5.75 Å². The van der Waals surface area contributed by atoms with Crippen LogP contribution in [0.4, 0.5) is 11.4 Å². The van der Waals surface area contributed by atoms with Gasteiger partial charge in [0.2, 0.25) is 0 Å². The molecule has 6 nitrogen and oxygen atoms in total. The Morgan fingerprint density at radius 3 is 2.75 bits per heavy atom. The Morgan fingerprint density at radius 2 is 2.10 bits per heavy atom. The fraction of sp³-hybridized carbons (Fsp3) is 0.571. The molecule has 0 aliphatic carbocycles. The number of piperidine rings is 1. The average Bonchev–Trinajstić information content (AvgIpc) is 2.46. The standard InChI is InChI=1S/C14H21N3O3/c1-2-10-20-14-11-12(6-7-13(14)17(18)19)15-16-8-4-3-5-9-16/h6-7,11,15H,2-5,8-10H2,1H3. The van der Waals surface area contributed by atoms with Gasteiger partial charge < -0.3 is 10.2 Å². The number of anilines is 1. The summed E-state index contributed by atoms with van der Waals surface area (Å²) in [4.78, 5) is 10.6. The molecule has 0 bridgehead atoms. The van der Waals surface area contributed by atoms with Crippen molar-refractivity contribution in [1.82, 2.24) is 5.01 Å². The van der Waals surface area contributed by atoms with E-state index in [1.54, 1.807) is 12.1 Å². The molecule has 0 spiro atoms. The van der Waals surface area contributed by atoms with E-state index in [1.165, 1.54) is 25.3 Å². The fourth-order valence-corrected chi connectivity index (χ4v) is 2.25. The molecule has 0 aromatic heterocycles. The molecule has 1 aromatic carbocycles. The summed E-state index contributed by atoms with van der Waals surface area (Å²) in [6.07, 6.45) is 4.45. The zero-order chi connectivity index (χ0) is 14.4. The van der Waals surface area contributed by atoms with Crippen molar-refractivity contribution in [1.29, 1.82) is 0 Å². The van der Waals surface area contributed by atoms with Crippen molar-refractivity contribution in [3.63, 3.8) is 0 Å². The first-order valence-electron chi connectivity index (χ1n) is 7.13. The van der Waals surface area contributed by atoms with Crippen LogP contribution in [0.2, 0.25) is 0 Å². The minimum atomic E-state index is -0.407. The SMILES string of the molecule is CCCOc1cc(NN2CCCCC2)ccc1[N+](=O)[O-]. The zero-order valence-electron chi connectivity index (χ0n) is 11.8. The number of hydrogen-bond acceptors (Lipinski definition) is 5. The number of nitro groups is 1. The van der Waals surface area contributed by atoms with Crippen molar-refractivity contribution in [2.24, 2.45) is 0 Å². The molecule has 2 rings (SSSR count). The highest BCUT2D eigenvalue weighted by Crippen LogP contribution is 2.30. The van der Waals surface area contributed by atoms with Gasteiger partial charge in [0.1, 0.15) is 0 Å². The molecule has 1 heterocycles. The maximum absolute atomic E-state index is 11.0. The van der Waals surface area contributed by atoms with Crippen molar-refractivity contribution in [2.75, 3.05) is 25.1 Å². The van der Waals surface area contributed by atoms with Gasteiger partial charge in [-0.3, -0.25) is 10.1 Å². The Bertz CT molecular complexity index is 459. The third-order valence-corrected chi connectivity index (χ3v) is 3.26. The van der Waals surface area contributed by atoms with Crippen LogP contribution in [0.1, 0.15) is 32.6 Å². The van der Waals surface area contributed by atoms with Crippen LogP contribution < -0.4 is 10.2 Å². The van der Waals surface area contributed by atoms with Crippen molar-refractivity contribution in [3.05, 3.63) is 28.3 Å². The number of nitrogens with zero attached hydrogens (tertiary/aromatic N) is 2. The molecule has 0 atom stereocenters. The summed E-state index contributed by atoms with van der Waals surface area (Å²) in [5.41, 5.74) is 4.15. The molecular weight excluding hydrogens is 258 g/mol. The molecular formula is C14H21N3O3. The molecule has 1 N–H and O–H groups in total. The summed E-state index contributed by atoms with van der Waals surface area (Å²) in [5, 5.41) is 13.1. The Balaban J connectivity index is 2.10. The molecule has 0 radical (unpaired) electrons. The third-order valence-electron chi connectivity index (χ3n) is 3.26. The van der Waals surface area contributed by atoms with Crippen molar-refractivity contribution >= 4 is 11.4 Å². The predicted octanol–water partition coefficient (Wildman–Crippen LogP) is 3.20.